The molecule has 0 amide bonds. The molecule has 1 aromatic carbocycles. The van der Waals surface area contributed by atoms with Gasteiger partial charge in [-0.2, -0.15) is 0 Å². The number of hydrogen-bond donors (Lipinski definition) is 3. The highest BCUT2D eigenvalue weighted by atomic mass is 127. The van der Waals surface area contributed by atoms with Crippen molar-refractivity contribution in [2.75, 3.05) is 6.54 Å². The molecule has 0 heterocycles. The molecule has 3 N–H and O–H groups in total. The Kier molecular flexibility index (Phi) is 8.70. The quantitative estimate of drug-likeness (QED) is 0.390. The molecule has 1 aliphatic rings. The van der Waals surface area contributed by atoms with E-state index in [2.05, 4.69) is 15.6 Å². The first-order chi connectivity index (χ1) is 10.2. The van der Waals surface area contributed by atoms with Crippen LogP contribution < -0.4 is 10.6 Å². The molecule has 0 aromatic heterocycles. The number of aliphatic hydroxyl groups is 1. The van der Waals surface area contributed by atoms with E-state index in [9.17, 15) is 4.39 Å². The molecule has 2 rings (SSSR count). The van der Waals surface area contributed by atoms with Crippen molar-refractivity contribution in [1.29, 1.82) is 0 Å². The highest BCUT2D eigenvalue weighted by Gasteiger charge is 2.15. The van der Waals surface area contributed by atoms with Crippen LogP contribution in [0.5, 0.6) is 0 Å². The van der Waals surface area contributed by atoms with Crippen molar-refractivity contribution in [3.8, 4) is 0 Å². The van der Waals surface area contributed by atoms with E-state index in [0.29, 0.717) is 18.2 Å². The van der Waals surface area contributed by atoms with Crippen LogP contribution in [0.3, 0.4) is 0 Å². The van der Waals surface area contributed by atoms with Crippen molar-refractivity contribution in [3.63, 3.8) is 0 Å². The van der Waals surface area contributed by atoms with E-state index in [1.165, 1.54) is 31.7 Å². The Labute approximate surface area is 148 Å². The predicted molar refractivity (Wildman–Crippen MR) is 97.9 cm³/mol. The first kappa shape index (κ1) is 19.2. The summed E-state index contributed by atoms with van der Waals surface area (Å²) in [6.07, 6.45) is 4.93. The van der Waals surface area contributed by atoms with Crippen molar-refractivity contribution in [3.05, 3.63) is 35.1 Å². The number of aliphatic imine (C=N–C) groups is 1. The first-order valence-electron chi connectivity index (χ1n) is 7.66. The highest BCUT2D eigenvalue weighted by molar-refractivity contribution is 14.0. The molecule has 1 fully saturated rings. The lowest BCUT2D eigenvalue weighted by Crippen LogP contribution is -2.42. The van der Waals surface area contributed by atoms with E-state index in [1.54, 1.807) is 12.1 Å². The van der Waals surface area contributed by atoms with Gasteiger partial charge in [-0.15, -0.1) is 24.0 Å². The number of nitrogens with one attached hydrogen (secondary N) is 2. The number of hydrogen-bond acceptors (Lipinski definition) is 2. The third kappa shape index (κ3) is 5.72. The van der Waals surface area contributed by atoms with Gasteiger partial charge < -0.3 is 15.7 Å². The standard InChI is InChI=1S/C16H24FN3O.HI/c1-2-18-16(20-14-5-3-4-6-14)19-10-12-7-8-15(17)13(9-12)11-21;/h7-9,14,21H,2-6,10-11H2,1H3,(H2,18,19,20);1H. The minimum absolute atomic E-state index is 0. The Morgan fingerprint density at radius 1 is 1.36 bits per heavy atom. The SMILES string of the molecule is CCNC(=NCc1ccc(F)c(CO)c1)NC1CCCC1.I. The van der Waals surface area contributed by atoms with E-state index >= 15 is 0 Å². The van der Waals surface area contributed by atoms with E-state index in [0.717, 1.165) is 18.1 Å². The van der Waals surface area contributed by atoms with Crippen LogP contribution in [0.15, 0.2) is 23.2 Å². The summed E-state index contributed by atoms with van der Waals surface area (Å²) in [6, 6.07) is 5.26. The van der Waals surface area contributed by atoms with Crippen LogP contribution in [-0.2, 0) is 13.2 Å². The summed E-state index contributed by atoms with van der Waals surface area (Å²) in [5.41, 5.74) is 1.21. The van der Waals surface area contributed by atoms with Gasteiger partial charge in [0.15, 0.2) is 5.96 Å². The van der Waals surface area contributed by atoms with Gasteiger partial charge in [-0.25, -0.2) is 9.38 Å². The van der Waals surface area contributed by atoms with Gasteiger partial charge in [-0.3, -0.25) is 0 Å². The zero-order valence-corrected chi connectivity index (χ0v) is 15.3. The van der Waals surface area contributed by atoms with Crippen LogP contribution in [0.25, 0.3) is 0 Å². The number of guanidine groups is 1. The molecule has 0 radical (unpaired) electrons. The van der Waals surface area contributed by atoms with Crippen molar-refractivity contribution >= 4 is 29.9 Å². The summed E-state index contributed by atoms with van der Waals surface area (Å²) in [5, 5.41) is 15.8. The van der Waals surface area contributed by atoms with E-state index in [1.807, 2.05) is 6.92 Å². The Morgan fingerprint density at radius 2 is 2.09 bits per heavy atom. The average molecular weight is 421 g/mol. The Bertz CT molecular complexity index is 490. The molecule has 1 aliphatic carbocycles. The number of rotatable bonds is 5. The van der Waals surface area contributed by atoms with E-state index < -0.39 is 0 Å². The molecule has 4 nitrogen and oxygen atoms in total. The summed E-state index contributed by atoms with van der Waals surface area (Å²) < 4.78 is 13.3. The van der Waals surface area contributed by atoms with Crippen LogP contribution >= 0.6 is 24.0 Å². The van der Waals surface area contributed by atoms with Gasteiger partial charge in [0.1, 0.15) is 5.82 Å². The second kappa shape index (κ2) is 9.99. The van der Waals surface area contributed by atoms with Gasteiger partial charge >= 0.3 is 0 Å². The maximum absolute atomic E-state index is 13.3. The smallest absolute Gasteiger partial charge is 0.191 e. The number of halogens is 2. The molecule has 22 heavy (non-hydrogen) atoms. The summed E-state index contributed by atoms with van der Waals surface area (Å²) in [4.78, 5) is 4.54. The molecule has 0 atom stereocenters. The Morgan fingerprint density at radius 3 is 2.73 bits per heavy atom. The van der Waals surface area contributed by atoms with Crippen LogP contribution in [-0.4, -0.2) is 23.7 Å². The molecule has 0 saturated heterocycles. The van der Waals surface area contributed by atoms with Crippen molar-refractivity contribution < 1.29 is 9.50 Å². The molecule has 6 heteroatoms. The Balaban J connectivity index is 0.00000242. The highest BCUT2D eigenvalue weighted by Crippen LogP contribution is 2.17. The molecule has 0 unspecified atom stereocenters. The monoisotopic (exact) mass is 421 g/mol. The zero-order valence-electron chi connectivity index (χ0n) is 12.9. The second-order valence-electron chi connectivity index (χ2n) is 5.40. The molecule has 0 bridgehead atoms. The summed E-state index contributed by atoms with van der Waals surface area (Å²) in [7, 11) is 0. The molecular formula is C16H25FIN3O. The second-order valence-corrected chi connectivity index (χ2v) is 5.40. The zero-order chi connectivity index (χ0) is 15.1. The van der Waals surface area contributed by atoms with Gasteiger partial charge in [0.05, 0.1) is 13.2 Å². The maximum Gasteiger partial charge on any atom is 0.191 e. The lowest BCUT2D eigenvalue weighted by molar-refractivity contribution is 0.275. The van der Waals surface area contributed by atoms with Crippen LogP contribution in [0.1, 0.15) is 43.7 Å². The topological polar surface area (TPSA) is 56.7 Å². The largest absolute Gasteiger partial charge is 0.392 e. The van der Waals surface area contributed by atoms with E-state index in [4.69, 9.17) is 5.11 Å². The van der Waals surface area contributed by atoms with Crippen molar-refractivity contribution in [1.82, 2.24) is 10.6 Å². The fraction of sp³-hybridized carbons (Fsp3) is 0.562. The molecule has 1 aromatic rings. The van der Waals surface area contributed by atoms with Crippen LogP contribution in [0.2, 0.25) is 0 Å². The summed E-state index contributed by atoms with van der Waals surface area (Å²) in [6.45, 7) is 3.02. The Hall–Kier alpha value is -0.890. The van der Waals surface area contributed by atoms with E-state index in [-0.39, 0.29) is 36.4 Å². The molecule has 0 spiro atoms. The van der Waals surface area contributed by atoms with Gasteiger partial charge in [0.25, 0.3) is 0 Å². The predicted octanol–water partition coefficient (Wildman–Crippen LogP) is 2.93. The van der Waals surface area contributed by atoms with Gasteiger partial charge in [-0.05, 0) is 37.5 Å². The molecule has 1 saturated carbocycles. The van der Waals surface area contributed by atoms with Gasteiger partial charge in [-0.1, -0.05) is 18.9 Å². The van der Waals surface area contributed by atoms with Crippen molar-refractivity contribution in [2.45, 2.75) is 51.8 Å². The minimum atomic E-state index is -0.374. The van der Waals surface area contributed by atoms with Gasteiger partial charge in [0.2, 0.25) is 0 Å². The summed E-state index contributed by atoms with van der Waals surface area (Å²) >= 11 is 0. The minimum Gasteiger partial charge on any atom is -0.392 e. The van der Waals surface area contributed by atoms with Crippen LogP contribution in [0, 0.1) is 5.82 Å². The lowest BCUT2D eigenvalue weighted by Gasteiger charge is -2.16. The summed E-state index contributed by atoms with van der Waals surface area (Å²) in [5.74, 6) is 0.431. The van der Waals surface area contributed by atoms with Gasteiger partial charge in [0, 0.05) is 18.2 Å². The molecular weight excluding hydrogens is 396 g/mol. The fourth-order valence-corrected chi connectivity index (χ4v) is 2.60. The lowest BCUT2D eigenvalue weighted by atomic mass is 10.1. The third-order valence-electron chi connectivity index (χ3n) is 3.74. The average Bonchev–Trinajstić information content (AvgIpc) is 2.99. The van der Waals surface area contributed by atoms with Crippen LogP contribution in [0.4, 0.5) is 4.39 Å². The van der Waals surface area contributed by atoms with Crippen molar-refractivity contribution in [2.24, 2.45) is 4.99 Å². The normalized spacial score (nSPS) is 15.5. The fourth-order valence-electron chi connectivity index (χ4n) is 2.60. The molecule has 0 aliphatic heterocycles. The number of aliphatic hydroxyl groups excluding tert-OH is 1. The third-order valence-corrected chi connectivity index (χ3v) is 3.74. The number of benzene rings is 1. The number of nitrogens with zero attached hydrogens (tertiary/aromatic N) is 1. The molecule has 124 valence electrons. The maximum atomic E-state index is 13.3. The first-order valence-corrected chi connectivity index (χ1v) is 7.66.